The Morgan fingerprint density at radius 3 is 2.20 bits per heavy atom. The molecule has 2 bridgehead atoms. The van der Waals surface area contributed by atoms with Crippen LogP contribution in [-0.4, -0.2) is 56.1 Å². The van der Waals surface area contributed by atoms with Gasteiger partial charge in [0, 0.05) is 31.2 Å². The van der Waals surface area contributed by atoms with Gasteiger partial charge in [0.25, 0.3) is 10.2 Å². The quantitative estimate of drug-likeness (QED) is 0.782. The van der Waals surface area contributed by atoms with Crippen molar-refractivity contribution in [1.82, 2.24) is 14.3 Å². The predicted octanol–water partition coefficient (Wildman–Crippen LogP) is 0.213. The highest BCUT2D eigenvalue weighted by atomic mass is 32.2. The van der Waals surface area contributed by atoms with Gasteiger partial charge in [-0.15, -0.1) is 0 Å². The molecule has 3 aliphatic heterocycles. The maximum atomic E-state index is 12.5. The Kier molecular flexibility index (Phi) is 4.07. The minimum Gasteiger partial charge on any atom is -0.373 e. The molecule has 0 saturated carbocycles. The van der Waals surface area contributed by atoms with Crippen LogP contribution in [0.1, 0.15) is 39.5 Å². The summed E-state index contributed by atoms with van der Waals surface area (Å²) < 4.78 is 35.1. The zero-order valence-electron chi connectivity index (χ0n) is 12.2. The van der Waals surface area contributed by atoms with Crippen LogP contribution in [-0.2, 0) is 14.9 Å². The van der Waals surface area contributed by atoms with Gasteiger partial charge in [0.1, 0.15) is 0 Å². The molecule has 0 aromatic rings. The minimum atomic E-state index is -3.39. The van der Waals surface area contributed by atoms with Gasteiger partial charge in [0.15, 0.2) is 0 Å². The van der Waals surface area contributed by atoms with Crippen molar-refractivity contribution in [3.05, 3.63) is 0 Å². The maximum Gasteiger partial charge on any atom is 0.279 e. The van der Waals surface area contributed by atoms with Crippen molar-refractivity contribution in [2.75, 3.05) is 13.1 Å². The molecule has 0 aromatic heterocycles. The number of nitrogens with one attached hydrogen (secondary N) is 2. The minimum absolute atomic E-state index is 0.0421. The molecule has 0 amide bonds. The lowest BCUT2D eigenvalue weighted by atomic mass is 10.0. The van der Waals surface area contributed by atoms with Gasteiger partial charge in [-0.05, 0) is 39.5 Å². The molecule has 3 heterocycles. The van der Waals surface area contributed by atoms with Crippen LogP contribution < -0.4 is 10.0 Å². The van der Waals surface area contributed by atoms with Crippen LogP contribution in [0, 0.1) is 0 Å². The number of rotatable bonds is 3. The van der Waals surface area contributed by atoms with Crippen molar-refractivity contribution >= 4 is 10.2 Å². The predicted molar refractivity (Wildman–Crippen MR) is 76.6 cm³/mol. The van der Waals surface area contributed by atoms with E-state index in [2.05, 4.69) is 10.0 Å². The van der Waals surface area contributed by atoms with Gasteiger partial charge in [0.05, 0.1) is 12.2 Å². The van der Waals surface area contributed by atoms with E-state index in [4.69, 9.17) is 4.74 Å². The molecule has 6 nitrogen and oxygen atoms in total. The third kappa shape index (κ3) is 3.17. The van der Waals surface area contributed by atoms with Gasteiger partial charge < -0.3 is 10.1 Å². The molecule has 3 rings (SSSR count). The number of hydrogen-bond acceptors (Lipinski definition) is 4. The Balaban J connectivity index is 1.63. The van der Waals surface area contributed by atoms with E-state index < -0.39 is 10.2 Å². The molecule has 3 aliphatic rings. The summed E-state index contributed by atoms with van der Waals surface area (Å²) in [7, 11) is -3.39. The second-order valence-electron chi connectivity index (χ2n) is 6.50. The van der Waals surface area contributed by atoms with Crippen LogP contribution in [0.4, 0.5) is 0 Å². The van der Waals surface area contributed by atoms with E-state index in [1.165, 1.54) is 17.1 Å². The number of piperidine rings is 1. The number of hydrogen-bond donors (Lipinski definition) is 2. The lowest BCUT2D eigenvalue weighted by molar-refractivity contribution is -0.0445. The van der Waals surface area contributed by atoms with E-state index >= 15 is 0 Å². The van der Waals surface area contributed by atoms with E-state index in [1.807, 2.05) is 13.8 Å². The zero-order valence-corrected chi connectivity index (χ0v) is 13.0. The van der Waals surface area contributed by atoms with Crippen LogP contribution in [0.5, 0.6) is 0 Å². The third-order valence-corrected chi connectivity index (χ3v) is 6.12. The number of morpholine rings is 1. The molecule has 3 fully saturated rings. The van der Waals surface area contributed by atoms with Crippen LogP contribution in [0.25, 0.3) is 0 Å². The Bertz CT molecular complexity index is 434. The Hall–Kier alpha value is -0.210. The number of ether oxygens (including phenoxy) is 1. The highest BCUT2D eigenvalue weighted by molar-refractivity contribution is 7.87. The molecule has 20 heavy (non-hydrogen) atoms. The van der Waals surface area contributed by atoms with E-state index in [0.29, 0.717) is 25.2 Å². The van der Waals surface area contributed by atoms with Crippen LogP contribution in [0.3, 0.4) is 0 Å². The van der Waals surface area contributed by atoms with Gasteiger partial charge in [-0.2, -0.15) is 17.4 Å². The maximum absolute atomic E-state index is 12.5. The van der Waals surface area contributed by atoms with Crippen LogP contribution >= 0.6 is 0 Å². The average molecular weight is 303 g/mol. The molecule has 4 atom stereocenters. The fraction of sp³-hybridized carbons (Fsp3) is 1.00. The van der Waals surface area contributed by atoms with Gasteiger partial charge in [0.2, 0.25) is 0 Å². The Morgan fingerprint density at radius 1 is 1.10 bits per heavy atom. The molecule has 7 heteroatoms. The van der Waals surface area contributed by atoms with Crippen molar-refractivity contribution in [2.45, 2.75) is 69.9 Å². The van der Waals surface area contributed by atoms with E-state index in [1.54, 1.807) is 0 Å². The highest BCUT2D eigenvalue weighted by Gasteiger charge is 2.37. The van der Waals surface area contributed by atoms with Crippen molar-refractivity contribution in [3.63, 3.8) is 0 Å². The first-order valence-corrected chi connectivity index (χ1v) is 9.05. The SMILES string of the molecule is CC1CN(S(=O)(=O)NC2CC3CCC(C2)N3)CC(C)O1. The first kappa shape index (κ1) is 14.7. The first-order chi connectivity index (χ1) is 9.42. The zero-order chi connectivity index (χ0) is 14.3. The van der Waals surface area contributed by atoms with Crippen molar-refractivity contribution in [1.29, 1.82) is 0 Å². The van der Waals surface area contributed by atoms with Crippen molar-refractivity contribution in [2.24, 2.45) is 0 Å². The molecule has 0 aliphatic carbocycles. The molecule has 116 valence electrons. The average Bonchev–Trinajstić information content (AvgIpc) is 2.67. The van der Waals surface area contributed by atoms with Crippen molar-refractivity contribution < 1.29 is 13.2 Å². The topological polar surface area (TPSA) is 70.7 Å². The summed E-state index contributed by atoms with van der Waals surface area (Å²) in [5.41, 5.74) is 0. The summed E-state index contributed by atoms with van der Waals surface area (Å²) in [6.45, 7) is 4.72. The summed E-state index contributed by atoms with van der Waals surface area (Å²) >= 11 is 0. The molecule has 4 unspecified atom stereocenters. The Labute approximate surface area is 121 Å². The summed E-state index contributed by atoms with van der Waals surface area (Å²) in [5, 5.41) is 3.53. The molecule has 0 radical (unpaired) electrons. The summed E-state index contributed by atoms with van der Waals surface area (Å²) in [4.78, 5) is 0. The normalized spacial score (nSPS) is 42.8. The fourth-order valence-corrected chi connectivity index (χ4v) is 5.34. The van der Waals surface area contributed by atoms with Gasteiger partial charge >= 0.3 is 0 Å². The molecule has 2 N–H and O–H groups in total. The number of fused-ring (bicyclic) bond motifs is 2. The number of nitrogens with zero attached hydrogens (tertiary/aromatic N) is 1. The second-order valence-corrected chi connectivity index (χ2v) is 8.21. The standard InChI is InChI=1S/C13H25N3O3S/c1-9-7-16(8-10(2)19-9)20(17,18)15-13-5-11-3-4-12(6-13)14-11/h9-15H,3-8H2,1-2H3. The highest BCUT2D eigenvalue weighted by Crippen LogP contribution is 2.27. The summed E-state index contributed by atoms with van der Waals surface area (Å²) in [5.74, 6) is 0. The first-order valence-electron chi connectivity index (χ1n) is 7.61. The second kappa shape index (κ2) is 5.53. The molecule has 0 aromatic carbocycles. The monoisotopic (exact) mass is 303 g/mol. The molecular weight excluding hydrogens is 278 g/mol. The van der Waals surface area contributed by atoms with E-state index in [0.717, 1.165) is 12.8 Å². The van der Waals surface area contributed by atoms with E-state index in [-0.39, 0.29) is 18.2 Å². The molecular formula is C13H25N3O3S. The van der Waals surface area contributed by atoms with Crippen molar-refractivity contribution in [3.8, 4) is 0 Å². The van der Waals surface area contributed by atoms with E-state index in [9.17, 15) is 8.42 Å². The lowest BCUT2D eigenvalue weighted by Crippen LogP contribution is -2.56. The summed E-state index contributed by atoms with van der Waals surface area (Å²) in [6.07, 6.45) is 4.08. The lowest BCUT2D eigenvalue weighted by Gasteiger charge is -2.36. The Morgan fingerprint density at radius 2 is 1.65 bits per heavy atom. The van der Waals surface area contributed by atoms with Crippen LogP contribution in [0.2, 0.25) is 0 Å². The van der Waals surface area contributed by atoms with Gasteiger partial charge in [-0.3, -0.25) is 0 Å². The van der Waals surface area contributed by atoms with Gasteiger partial charge in [-0.25, -0.2) is 0 Å². The van der Waals surface area contributed by atoms with Gasteiger partial charge in [-0.1, -0.05) is 0 Å². The molecule has 0 spiro atoms. The molecule has 3 saturated heterocycles. The smallest absolute Gasteiger partial charge is 0.279 e. The third-order valence-electron chi connectivity index (χ3n) is 4.51. The largest absolute Gasteiger partial charge is 0.373 e. The van der Waals surface area contributed by atoms with Crippen LogP contribution in [0.15, 0.2) is 0 Å². The summed E-state index contributed by atoms with van der Waals surface area (Å²) in [6, 6.07) is 1.06. The fourth-order valence-electron chi connectivity index (χ4n) is 3.77.